The number of halogens is 3. The highest BCUT2D eigenvalue weighted by molar-refractivity contribution is 5.73. The first kappa shape index (κ1) is 14.0. The van der Waals surface area contributed by atoms with Crippen LogP contribution in [0, 0.1) is 17.5 Å². The Kier molecular flexibility index (Phi) is 4.02. The van der Waals surface area contributed by atoms with Gasteiger partial charge in [-0.3, -0.25) is 0 Å². The predicted molar refractivity (Wildman–Crippen MR) is 71.6 cm³/mol. The molecule has 0 saturated heterocycles. The maximum atomic E-state index is 13.7. The van der Waals surface area contributed by atoms with E-state index in [1.54, 1.807) is 6.92 Å². The molecule has 3 N–H and O–H groups in total. The van der Waals surface area contributed by atoms with Gasteiger partial charge in [0.1, 0.15) is 5.69 Å². The van der Waals surface area contributed by atoms with Crippen molar-refractivity contribution in [3.8, 4) is 5.75 Å². The summed E-state index contributed by atoms with van der Waals surface area (Å²) in [4.78, 5) is 0. The van der Waals surface area contributed by atoms with Gasteiger partial charge < -0.3 is 15.8 Å². The molecule has 0 bridgehead atoms. The summed E-state index contributed by atoms with van der Waals surface area (Å²) in [7, 11) is 0. The van der Waals surface area contributed by atoms with Crippen LogP contribution in [0.15, 0.2) is 30.3 Å². The zero-order valence-electron chi connectivity index (χ0n) is 10.7. The van der Waals surface area contributed by atoms with Gasteiger partial charge in [0.15, 0.2) is 23.2 Å². The molecule has 2 aromatic rings. The molecule has 6 heteroatoms. The van der Waals surface area contributed by atoms with E-state index >= 15 is 0 Å². The highest BCUT2D eigenvalue weighted by Crippen LogP contribution is 2.29. The molecule has 0 saturated carbocycles. The maximum Gasteiger partial charge on any atom is 0.184 e. The Labute approximate surface area is 114 Å². The average molecular weight is 282 g/mol. The zero-order chi connectivity index (χ0) is 14.7. The van der Waals surface area contributed by atoms with Gasteiger partial charge in [0.25, 0.3) is 0 Å². The van der Waals surface area contributed by atoms with E-state index in [2.05, 4.69) is 5.32 Å². The Morgan fingerprint density at radius 2 is 1.85 bits per heavy atom. The number of rotatable bonds is 4. The molecule has 0 amide bonds. The summed E-state index contributed by atoms with van der Waals surface area (Å²) >= 11 is 0. The normalized spacial score (nSPS) is 10.4. The highest BCUT2D eigenvalue weighted by Gasteiger charge is 2.13. The van der Waals surface area contributed by atoms with Crippen LogP contribution in [0.5, 0.6) is 5.75 Å². The quantitative estimate of drug-likeness (QED) is 0.838. The number of hydrogen-bond donors (Lipinski definition) is 2. The molecule has 0 aliphatic rings. The topological polar surface area (TPSA) is 47.3 Å². The van der Waals surface area contributed by atoms with Crippen molar-refractivity contribution in [3.05, 3.63) is 47.8 Å². The predicted octanol–water partition coefficient (Wildman–Crippen LogP) is 3.83. The van der Waals surface area contributed by atoms with Gasteiger partial charge in [-0.05, 0) is 31.2 Å². The van der Waals surface area contributed by atoms with Gasteiger partial charge in [-0.2, -0.15) is 0 Å². The molecule has 106 valence electrons. The summed E-state index contributed by atoms with van der Waals surface area (Å²) in [6, 6.07) is 6.15. The fourth-order valence-corrected chi connectivity index (χ4v) is 1.69. The van der Waals surface area contributed by atoms with Gasteiger partial charge in [0.05, 0.1) is 12.3 Å². The molecule has 0 radical (unpaired) electrons. The number of hydrogen-bond acceptors (Lipinski definition) is 3. The molecule has 0 atom stereocenters. The van der Waals surface area contributed by atoms with E-state index < -0.39 is 17.5 Å². The van der Waals surface area contributed by atoms with Crippen LogP contribution >= 0.6 is 0 Å². The number of nitrogens with one attached hydrogen (secondary N) is 1. The molecular weight excluding hydrogens is 269 g/mol. The number of ether oxygens (including phenoxy) is 1. The molecule has 2 aromatic carbocycles. The van der Waals surface area contributed by atoms with Gasteiger partial charge in [0, 0.05) is 11.8 Å². The molecule has 2 rings (SSSR count). The third-order valence-electron chi connectivity index (χ3n) is 2.63. The van der Waals surface area contributed by atoms with Crippen molar-refractivity contribution >= 4 is 17.1 Å². The van der Waals surface area contributed by atoms with Crippen LogP contribution < -0.4 is 15.8 Å². The maximum absolute atomic E-state index is 13.7. The molecule has 0 aromatic heterocycles. The van der Waals surface area contributed by atoms with Crippen LogP contribution in [0.2, 0.25) is 0 Å². The Balaban J connectivity index is 2.31. The Morgan fingerprint density at radius 3 is 2.50 bits per heavy atom. The van der Waals surface area contributed by atoms with Crippen LogP contribution in [0.25, 0.3) is 0 Å². The van der Waals surface area contributed by atoms with Crippen LogP contribution in [0.1, 0.15) is 6.92 Å². The van der Waals surface area contributed by atoms with Crippen molar-refractivity contribution in [2.75, 3.05) is 17.7 Å². The zero-order valence-corrected chi connectivity index (χ0v) is 10.7. The van der Waals surface area contributed by atoms with Crippen molar-refractivity contribution in [2.24, 2.45) is 0 Å². The number of anilines is 3. The molecule has 0 heterocycles. The second-order valence-corrected chi connectivity index (χ2v) is 4.03. The van der Waals surface area contributed by atoms with Crippen LogP contribution in [0.3, 0.4) is 0 Å². The van der Waals surface area contributed by atoms with E-state index in [0.29, 0.717) is 6.61 Å². The third kappa shape index (κ3) is 2.79. The van der Waals surface area contributed by atoms with E-state index in [1.165, 1.54) is 18.2 Å². The standard InChI is InChI=1S/C14H13F3N2O/c1-2-20-12-6-3-8(7-10(12)16)19-14-11(18)5-4-9(15)13(14)17/h3-7,19H,2,18H2,1H3. The fraction of sp³-hybridized carbons (Fsp3) is 0.143. The smallest absolute Gasteiger partial charge is 0.184 e. The van der Waals surface area contributed by atoms with Crippen molar-refractivity contribution in [3.63, 3.8) is 0 Å². The second-order valence-electron chi connectivity index (χ2n) is 4.03. The lowest BCUT2D eigenvalue weighted by atomic mass is 10.2. The highest BCUT2D eigenvalue weighted by atomic mass is 19.2. The minimum atomic E-state index is -1.11. The van der Waals surface area contributed by atoms with Crippen molar-refractivity contribution in [2.45, 2.75) is 6.92 Å². The molecule has 0 unspecified atom stereocenters. The van der Waals surface area contributed by atoms with E-state index in [-0.39, 0.29) is 22.8 Å². The molecule has 0 fully saturated rings. The minimum Gasteiger partial charge on any atom is -0.491 e. The summed E-state index contributed by atoms with van der Waals surface area (Å²) in [6.45, 7) is 2.06. The monoisotopic (exact) mass is 282 g/mol. The largest absolute Gasteiger partial charge is 0.491 e. The van der Waals surface area contributed by atoms with Crippen LogP contribution in [0.4, 0.5) is 30.2 Å². The Hall–Kier alpha value is -2.37. The average Bonchev–Trinajstić information content (AvgIpc) is 2.42. The number of benzene rings is 2. The van der Waals surface area contributed by atoms with E-state index in [4.69, 9.17) is 10.5 Å². The lowest BCUT2D eigenvalue weighted by Gasteiger charge is -2.12. The molecule has 0 aliphatic carbocycles. The van der Waals surface area contributed by atoms with E-state index in [0.717, 1.165) is 12.1 Å². The summed E-state index contributed by atoms with van der Waals surface area (Å²) in [6.07, 6.45) is 0. The van der Waals surface area contributed by atoms with Gasteiger partial charge in [0.2, 0.25) is 0 Å². The van der Waals surface area contributed by atoms with Crippen LogP contribution in [-0.2, 0) is 0 Å². The third-order valence-corrected chi connectivity index (χ3v) is 2.63. The van der Waals surface area contributed by atoms with Gasteiger partial charge >= 0.3 is 0 Å². The Bertz CT molecular complexity index is 632. The first-order valence-electron chi connectivity index (χ1n) is 5.95. The van der Waals surface area contributed by atoms with Crippen LogP contribution in [-0.4, -0.2) is 6.61 Å². The van der Waals surface area contributed by atoms with Crippen molar-refractivity contribution in [1.29, 1.82) is 0 Å². The summed E-state index contributed by atoms with van der Waals surface area (Å²) < 4.78 is 45.5. The van der Waals surface area contributed by atoms with Gasteiger partial charge in [-0.15, -0.1) is 0 Å². The fourth-order valence-electron chi connectivity index (χ4n) is 1.69. The van der Waals surface area contributed by atoms with Crippen molar-refractivity contribution in [1.82, 2.24) is 0 Å². The number of nitrogens with two attached hydrogens (primary N) is 1. The Morgan fingerprint density at radius 1 is 1.10 bits per heavy atom. The second kappa shape index (κ2) is 5.73. The lowest BCUT2D eigenvalue weighted by molar-refractivity contribution is 0.321. The molecule has 0 aliphatic heterocycles. The first-order valence-corrected chi connectivity index (χ1v) is 5.95. The lowest BCUT2D eigenvalue weighted by Crippen LogP contribution is -2.02. The number of nitrogen functional groups attached to an aromatic ring is 1. The summed E-state index contributed by atoms with van der Waals surface area (Å²) in [5.41, 5.74) is 5.60. The summed E-state index contributed by atoms with van der Waals surface area (Å²) in [5.74, 6) is -2.66. The SMILES string of the molecule is CCOc1ccc(Nc2c(N)ccc(F)c2F)cc1F. The molecular formula is C14H13F3N2O. The molecule has 0 spiro atoms. The van der Waals surface area contributed by atoms with E-state index in [1.807, 2.05) is 0 Å². The molecule has 20 heavy (non-hydrogen) atoms. The molecule has 3 nitrogen and oxygen atoms in total. The first-order chi connectivity index (χ1) is 9.52. The summed E-state index contributed by atoms with van der Waals surface area (Å²) in [5, 5.41) is 2.56. The van der Waals surface area contributed by atoms with E-state index in [9.17, 15) is 13.2 Å². The van der Waals surface area contributed by atoms with Gasteiger partial charge in [-0.25, -0.2) is 13.2 Å². The van der Waals surface area contributed by atoms with Crippen molar-refractivity contribution < 1.29 is 17.9 Å². The minimum absolute atomic E-state index is 0.0261. The van der Waals surface area contributed by atoms with Gasteiger partial charge in [-0.1, -0.05) is 0 Å².